The van der Waals surface area contributed by atoms with Gasteiger partial charge in [-0.15, -0.1) is 0 Å². The molecule has 29 rings (SSSR count). The summed E-state index contributed by atoms with van der Waals surface area (Å²) in [6.45, 7) is 0. The Bertz CT molecular complexity index is 9870. The number of hydrogen-bond acceptors (Lipinski definition) is 3. The maximum absolute atomic E-state index is 8.86. The number of benzene rings is 25. The SMILES string of the molecule is [2H]c1c([2H])c([2H])c(-c2c3ccccc3c(-c3cc(-c4ccccc4)cc4oc5ccccc5c34)c3ccccc23)c([2H])c1[2H].c1ccc(-c2c3ccccc3c(-c3cc4c(c5oc6ccccc6c35)-c3c(ccc5ccccc35)C4(c3ccccc3)c3ccccc3)c3ccccc23)cc1.c1ccc(-c2c3ccccc3c(-c3ccc(-c4ccc5ccccc5c4)c4oc5ccccc5c34)c3ccccc23)cc1. The molecule has 3 aromatic heterocycles. The van der Waals surface area contributed by atoms with Crippen LogP contribution in [0.4, 0.5) is 0 Å². The topological polar surface area (TPSA) is 39.4 Å². The molecular weight excluding hydrogens is 1670 g/mol. The van der Waals surface area contributed by atoms with Gasteiger partial charge in [-0.2, -0.15) is 0 Å². The average molecular weight is 1760 g/mol. The summed E-state index contributed by atoms with van der Waals surface area (Å²) >= 11 is 0. The standard InChI is InChI=1S/C55H34O.C42H26O.C38H24O/c1-4-19-36(20-5-1)49-40-26-12-14-28-42(40)50(43-29-15-13-27-41(43)49)45-34-47-53(54-51(45)44-30-16-17-31-48(44)56-54)52-39-25-11-10-18-35(39)32-33-46(52)55(47,37-21-6-2-7-22-37)38-23-8-3-9-24-38;1-2-13-28(14-3-1)39-32-16-6-8-18-34(32)40(35-19-9-7-17-33(35)39)37-25-24-31(30-23-22-27-12-4-5-15-29(27)26-30)42-41(37)36-20-10-11-21-38(36)43-42;1-3-13-25(14-4-1)27-23-33(38-32-21-11-12-22-34(32)39-35(38)24-27)37-30-19-9-7-17-28(30)36(26-15-5-2-6-16-26)29-18-8-10-20-31(29)37/h1-34H;1-26H;1-24H/i;;2D,5D,6D,15D,16D. The highest BCUT2D eigenvalue weighted by atomic mass is 16.3. The summed E-state index contributed by atoms with van der Waals surface area (Å²) in [5.74, 6) is 0. The fraction of sp³-hybridized carbons (Fsp3) is 0.00741. The molecule has 642 valence electrons. The van der Waals surface area contributed by atoms with Gasteiger partial charge < -0.3 is 13.3 Å². The Morgan fingerprint density at radius 2 is 0.514 bits per heavy atom. The summed E-state index contributed by atoms with van der Waals surface area (Å²) in [4.78, 5) is 0. The Hall–Kier alpha value is -18.0. The van der Waals surface area contributed by atoms with Crippen molar-refractivity contribution >= 4 is 152 Å². The van der Waals surface area contributed by atoms with Crippen molar-refractivity contribution in [1.29, 1.82) is 0 Å². The highest BCUT2D eigenvalue weighted by Crippen LogP contribution is 2.63. The summed E-state index contributed by atoms with van der Waals surface area (Å²) in [7, 11) is 0. The fourth-order valence-corrected chi connectivity index (χ4v) is 23.0. The van der Waals surface area contributed by atoms with E-state index in [1.54, 1.807) is 0 Å². The smallest absolute Gasteiger partial charge is 0.144 e. The minimum Gasteiger partial charge on any atom is -0.456 e. The normalized spacial score (nSPS) is 12.8. The minimum absolute atomic E-state index is 0.201. The third-order valence-corrected chi connectivity index (χ3v) is 28.7. The highest BCUT2D eigenvalue weighted by Gasteiger charge is 2.49. The first-order valence-corrected chi connectivity index (χ1v) is 47.2. The average Bonchev–Trinajstić information content (AvgIpc) is 1.50. The van der Waals surface area contributed by atoms with Gasteiger partial charge in [0.25, 0.3) is 0 Å². The zero-order valence-electron chi connectivity index (χ0n) is 79.8. The summed E-state index contributed by atoms with van der Waals surface area (Å²) in [6.07, 6.45) is 0. The fourth-order valence-electron chi connectivity index (χ4n) is 23.0. The van der Waals surface area contributed by atoms with Gasteiger partial charge in [-0.3, -0.25) is 0 Å². The van der Waals surface area contributed by atoms with Gasteiger partial charge in [-0.1, -0.05) is 461 Å². The molecule has 0 amide bonds. The molecule has 25 aromatic carbocycles. The van der Waals surface area contributed by atoms with E-state index in [4.69, 9.17) is 20.1 Å². The molecule has 28 aromatic rings. The van der Waals surface area contributed by atoms with E-state index in [-0.39, 0.29) is 29.7 Å². The number of para-hydroxylation sites is 3. The summed E-state index contributed by atoms with van der Waals surface area (Å²) < 4.78 is 63.2. The Balaban J connectivity index is 0.000000108. The molecule has 1 aliphatic rings. The first-order valence-electron chi connectivity index (χ1n) is 49.7. The molecule has 0 fully saturated rings. The third kappa shape index (κ3) is 12.6. The second-order valence-electron chi connectivity index (χ2n) is 36.0. The van der Waals surface area contributed by atoms with Crippen LogP contribution in [0, 0.1) is 0 Å². The molecule has 138 heavy (non-hydrogen) atoms. The molecule has 0 aliphatic heterocycles. The lowest BCUT2D eigenvalue weighted by Gasteiger charge is -2.34. The monoisotopic (exact) mass is 1760 g/mol. The van der Waals surface area contributed by atoms with E-state index in [0.29, 0.717) is 5.56 Å². The van der Waals surface area contributed by atoms with E-state index in [1.807, 2.05) is 72.8 Å². The van der Waals surface area contributed by atoms with Crippen LogP contribution >= 0.6 is 0 Å². The summed E-state index contributed by atoms with van der Waals surface area (Å²) in [6, 6.07) is 169. The Morgan fingerprint density at radius 3 is 1.00 bits per heavy atom. The maximum Gasteiger partial charge on any atom is 0.144 e. The summed E-state index contributed by atoms with van der Waals surface area (Å²) in [5, 5.41) is 24.9. The molecule has 0 saturated carbocycles. The van der Waals surface area contributed by atoms with Gasteiger partial charge in [0.15, 0.2) is 0 Å². The van der Waals surface area contributed by atoms with Gasteiger partial charge in [-0.25, -0.2) is 0 Å². The second kappa shape index (κ2) is 32.7. The first kappa shape index (κ1) is 74.5. The van der Waals surface area contributed by atoms with E-state index in [0.717, 1.165) is 121 Å². The molecule has 0 N–H and O–H groups in total. The van der Waals surface area contributed by atoms with Crippen molar-refractivity contribution in [2.45, 2.75) is 5.41 Å². The molecule has 0 radical (unpaired) electrons. The van der Waals surface area contributed by atoms with Crippen molar-refractivity contribution in [3.05, 3.63) is 532 Å². The number of furan rings is 3. The van der Waals surface area contributed by atoms with E-state index in [2.05, 4.69) is 406 Å². The van der Waals surface area contributed by atoms with Crippen molar-refractivity contribution in [2.24, 2.45) is 0 Å². The lowest BCUT2D eigenvalue weighted by atomic mass is 9.67. The van der Waals surface area contributed by atoms with Crippen molar-refractivity contribution in [2.75, 3.05) is 0 Å². The van der Waals surface area contributed by atoms with E-state index in [1.165, 1.54) is 143 Å². The molecule has 1 aliphatic carbocycles. The van der Waals surface area contributed by atoms with Gasteiger partial charge in [0.05, 0.1) is 12.3 Å². The predicted octanol–water partition coefficient (Wildman–Crippen LogP) is 37.7. The zero-order valence-corrected chi connectivity index (χ0v) is 74.8. The minimum atomic E-state index is -0.616. The number of rotatable bonds is 10. The molecule has 0 bridgehead atoms. The van der Waals surface area contributed by atoms with Crippen molar-refractivity contribution in [3.63, 3.8) is 0 Å². The van der Waals surface area contributed by atoms with Crippen LogP contribution in [0.15, 0.2) is 523 Å². The lowest BCUT2D eigenvalue weighted by Crippen LogP contribution is -2.28. The maximum atomic E-state index is 8.86. The Morgan fingerprint density at radius 1 is 0.167 bits per heavy atom. The van der Waals surface area contributed by atoms with Crippen LogP contribution in [0.5, 0.6) is 0 Å². The van der Waals surface area contributed by atoms with Gasteiger partial charge in [-0.05, 0) is 246 Å². The molecule has 3 heteroatoms. The zero-order chi connectivity index (χ0) is 95.2. The van der Waals surface area contributed by atoms with Gasteiger partial charge >= 0.3 is 0 Å². The van der Waals surface area contributed by atoms with Gasteiger partial charge in [0.1, 0.15) is 33.5 Å². The van der Waals surface area contributed by atoms with Crippen LogP contribution in [0.1, 0.15) is 29.1 Å². The molecule has 0 atom stereocenters. The van der Waals surface area contributed by atoms with Crippen molar-refractivity contribution in [1.82, 2.24) is 0 Å². The quantitative estimate of drug-likeness (QED) is 0.128. The molecule has 0 unspecified atom stereocenters. The number of hydrogen-bond donors (Lipinski definition) is 0. The molecule has 0 saturated heterocycles. The Labute approximate surface area is 803 Å². The Kier molecular flexibility index (Phi) is 17.7. The van der Waals surface area contributed by atoms with Crippen LogP contribution in [0.3, 0.4) is 0 Å². The second-order valence-corrected chi connectivity index (χ2v) is 36.0. The largest absolute Gasteiger partial charge is 0.456 e. The molecule has 3 heterocycles. The van der Waals surface area contributed by atoms with Crippen LogP contribution < -0.4 is 0 Å². The third-order valence-electron chi connectivity index (χ3n) is 28.7. The van der Waals surface area contributed by atoms with Crippen LogP contribution in [0.25, 0.3) is 252 Å². The van der Waals surface area contributed by atoms with E-state index in [9.17, 15) is 0 Å². The van der Waals surface area contributed by atoms with Crippen LogP contribution in [-0.2, 0) is 5.41 Å². The van der Waals surface area contributed by atoms with Crippen LogP contribution in [0.2, 0.25) is 0 Å². The molecule has 0 spiro atoms. The molecular formula is C135H84O3. The van der Waals surface area contributed by atoms with Crippen molar-refractivity contribution in [3.8, 4) is 100 Å². The van der Waals surface area contributed by atoms with Gasteiger partial charge in [0, 0.05) is 43.4 Å². The highest BCUT2D eigenvalue weighted by molar-refractivity contribution is 6.32. The van der Waals surface area contributed by atoms with E-state index < -0.39 is 11.5 Å². The van der Waals surface area contributed by atoms with Crippen molar-refractivity contribution < 1.29 is 20.1 Å². The molecule has 3 nitrogen and oxygen atoms in total. The van der Waals surface area contributed by atoms with E-state index >= 15 is 0 Å². The first-order chi connectivity index (χ1) is 70.6. The summed E-state index contributed by atoms with van der Waals surface area (Å²) in [5.41, 5.74) is 29.1. The number of fused-ring (bicyclic) bond motifs is 22. The van der Waals surface area contributed by atoms with Crippen LogP contribution in [-0.4, -0.2) is 0 Å². The lowest BCUT2D eigenvalue weighted by molar-refractivity contribution is 0.668. The van der Waals surface area contributed by atoms with Gasteiger partial charge in [0.2, 0.25) is 0 Å². The predicted molar refractivity (Wildman–Crippen MR) is 582 cm³/mol.